The molecule has 0 fully saturated rings. The minimum Gasteiger partial charge on any atom is -0.493 e. The summed E-state index contributed by atoms with van der Waals surface area (Å²) in [6.45, 7) is 1.84. The summed E-state index contributed by atoms with van der Waals surface area (Å²) in [6, 6.07) is 10.7. The molecule has 0 aliphatic carbocycles. The molecule has 1 heterocycles. The second kappa shape index (κ2) is 9.06. The van der Waals surface area contributed by atoms with Gasteiger partial charge in [-0.05, 0) is 42.8 Å². The van der Waals surface area contributed by atoms with Crippen molar-refractivity contribution >= 4 is 35.0 Å². The van der Waals surface area contributed by atoms with E-state index in [0.717, 1.165) is 5.56 Å². The van der Waals surface area contributed by atoms with Crippen molar-refractivity contribution in [1.82, 2.24) is 14.9 Å². The Morgan fingerprint density at radius 3 is 2.69 bits per heavy atom. The molecule has 3 rings (SSSR count). The first-order chi connectivity index (χ1) is 13.9. The van der Waals surface area contributed by atoms with Crippen LogP contribution in [0.4, 0.5) is 5.69 Å². The molecular formula is C19H20ClN5O3S. The molecule has 0 aliphatic heterocycles. The van der Waals surface area contributed by atoms with E-state index in [1.165, 1.54) is 16.4 Å². The third kappa shape index (κ3) is 4.57. The fourth-order valence-electron chi connectivity index (χ4n) is 2.61. The van der Waals surface area contributed by atoms with E-state index < -0.39 is 0 Å². The highest BCUT2D eigenvalue weighted by molar-refractivity contribution is 7.99. The predicted octanol–water partition coefficient (Wildman–Crippen LogP) is 3.37. The summed E-state index contributed by atoms with van der Waals surface area (Å²) in [5.74, 6) is 7.65. The zero-order chi connectivity index (χ0) is 21.0. The number of anilines is 1. The summed E-state index contributed by atoms with van der Waals surface area (Å²) in [5.41, 5.74) is 2.19. The smallest absolute Gasteiger partial charge is 0.234 e. The van der Waals surface area contributed by atoms with Crippen molar-refractivity contribution in [2.45, 2.75) is 12.1 Å². The highest BCUT2D eigenvalue weighted by atomic mass is 35.5. The lowest BCUT2D eigenvalue weighted by molar-refractivity contribution is -0.113. The fourth-order valence-corrected chi connectivity index (χ4v) is 3.44. The van der Waals surface area contributed by atoms with E-state index in [9.17, 15) is 4.79 Å². The Morgan fingerprint density at radius 2 is 1.97 bits per heavy atom. The number of aromatic nitrogens is 3. The Bertz CT molecular complexity index is 1040. The van der Waals surface area contributed by atoms with E-state index in [2.05, 4.69) is 15.5 Å². The molecular weight excluding hydrogens is 414 g/mol. The Kier molecular flexibility index (Phi) is 6.50. The van der Waals surface area contributed by atoms with Gasteiger partial charge in [0.2, 0.25) is 11.1 Å². The number of rotatable bonds is 7. The molecule has 0 spiro atoms. The maximum Gasteiger partial charge on any atom is 0.234 e. The number of carbonyl (C=O) groups is 1. The number of nitrogens with two attached hydrogens (primary N) is 1. The first-order valence-corrected chi connectivity index (χ1v) is 9.91. The molecule has 0 aliphatic rings. The van der Waals surface area contributed by atoms with Crippen LogP contribution in [-0.4, -0.2) is 40.8 Å². The lowest BCUT2D eigenvalue weighted by atomic mass is 10.2. The molecule has 8 nitrogen and oxygen atoms in total. The van der Waals surface area contributed by atoms with Crippen LogP contribution >= 0.6 is 23.4 Å². The van der Waals surface area contributed by atoms with E-state index in [1.54, 1.807) is 50.6 Å². The highest BCUT2D eigenvalue weighted by Crippen LogP contribution is 2.32. The minimum atomic E-state index is -0.198. The summed E-state index contributed by atoms with van der Waals surface area (Å²) in [5, 5.41) is 12.0. The quantitative estimate of drug-likeness (QED) is 0.434. The van der Waals surface area contributed by atoms with Crippen LogP contribution < -0.4 is 20.6 Å². The number of carbonyl (C=O) groups excluding carboxylic acids is 1. The van der Waals surface area contributed by atoms with Crippen molar-refractivity contribution in [1.29, 1.82) is 0 Å². The second-order valence-corrected chi connectivity index (χ2v) is 7.34. The first kappa shape index (κ1) is 20.8. The van der Waals surface area contributed by atoms with Gasteiger partial charge in [-0.1, -0.05) is 29.4 Å². The number of hydrogen-bond donors (Lipinski definition) is 2. The van der Waals surface area contributed by atoms with Crippen LogP contribution in [0.1, 0.15) is 5.56 Å². The van der Waals surface area contributed by atoms with Gasteiger partial charge in [-0.25, -0.2) is 4.68 Å². The number of hydrogen-bond acceptors (Lipinski definition) is 7. The van der Waals surface area contributed by atoms with Gasteiger partial charge in [0.1, 0.15) is 0 Å². The Labute approximate surface area is 177 Å². The number of nitrogen functional groups attached to an aromatic ring is 1. The molecule has 2 aromatic carbocycles. The van der Waals surface area contributed by atoms with Gasteiger partial charge >= 0.3 is 0 Å². The Morgan fingerprint density at radius 1 is 1.21 bits per heavy atom. The largest absolute Gasteiger partial charge is 0.493 e. The zero-order valence-corrected chi connectivity index (χ0v) is 17.7. The van der Waals surface area contributed by atoms with Crippen LogP contribution in [-0.2, 0) is 4.79 Å². The highest BCUT2D eigenvalue weighted by Gasteiger charge is 2.16. The van der Waals surface area contributed by atoms with Crippen LogP contribution in [0.3, 0.4) is 0 Å². The fraction of sp³-hybridized carbons (Fsp3) is 0.211. The SMILES string of the molecule is COc1ccc(-c2nnc(SCC(=O)Nc3cccc(Cl)c3C)n2N)cc1OC. The van der Waals surface area contributed by atoms with Gasteiger partial charge in [-0.2, -0.15) is 0 Å². The monoisotopic (exact) mass is 433 g/mol. The van der Waals surface area contributed by atoms with Crippen molar-refractivity contribution < 1.29 is 14.3 Å². The predicted molar refractivity (Wildman–Crippen MR) is 114 cm³/mol. The summed E-state index contributed by atoms with van der Waals surface area (Å²) >= 11 is 7.26. The number of amides is 1. The van der Waals surface area contributed by atoms with Gasteiger partial charge in [0.25, 0.3) is 0 Å². The van der Waals surface area contributed by atoms with Crippen molar-refractivity contribution in [2.75, 3.05) is 31.1 Å². The second-order valence-electron chi connectivity index (χ2n) is 6.00. The third-order valence-electron chi connectivity index (χ3n) is 4.18. The van der Waals surface area contributed by atoms with Crippen LogP contribution in [0, 0.1) is 6.92 Å². The molecule has 10 heteroatoms. The lowest BCUT2D eigenvalue weighted by Gasteiger charge is -2.10. The van der Waals surface area contributed by atoms with E-state index in [4.69, 9.17) is 26.9 Å². The molecule has 29 heavy (non-hydrogen) atoms. The van der Waals surface area contributed by atoms with Crippen molar-refractivity contribution in [3.05, 3.63) is 47.0 Å². The molecule has 0 saturated carbocycles. The van der Waals surface area contributed by atoms with Gasteiger partial charge in [0.15, 0.2) is 17.3 Å². The van der Waals surface area contributed by atoms with E-state index in [1.807, 2.05) is 6.92 Å². The van der Waals surface area contributed by atoms with Gasteiger partial charge in [-0.3, -0.25) is 4.79 Å². The molecule has 0 unspecified atom stereocenters. The summed E-state index contributed by atoms with van der Waals surface area (Å²) in [4.78, 5) is 12.3. The van der Waals surface area contributed by atoms with Crippen LogP contribution in [0.2, 0.25) is 5.02 Å². The van der Waals surface area contributed by atoms with E-state index in [0.29, 0.717) is 38.8 Å². The minimum absolute atomic E-state index is 0.118. The van der Waals surface area contributed by atoms with Crippen molar-refractivity contribution in [3.63, 3.8) is 0 Å². The van der Waals surface area contributed by atoms with Crippen molar-refractivity contribution in [2.24, 2.45) is 0 Å². The van der Waals surface area contributed by atoms with Crippen LogP contribution in [0.15, 0.2) is 41.6 Å². The molecule has 0 radical (unpaired) electrons. The normalized spacial score (nSPS) is 10.6. The van der Waals surface area contributed by atoms with Crippen LogP contribution in [0.25, 0.3) is 11.4 Å². The Balaban J connectivity index is 1.70. The summed E-state index contributed by atoms with van der Waals surface area (Å²) in [6.07, 6.45) is 0. The lowest BCUT2D eigenvalue weighted by Crippen LogP contribution is -2.17. The topological polar surface area (TPSA) is 104 Å². The van der Waals surface area contributed by atoms with E-state index >= 15 is 0 Å². The number of halogens is 1. The molecule has 0 atom stereocenters. The van der Waals surface area contributed by atoms with Gasteiger partial charge in [-0.15, -0.1) is 10.2 Å². The zero-order valence-electron chi connectivity index (χ0n) is 16.1. The summed E-state index contributed by atoms with van der Waals surface area (Å²) in [7, 11) is 3.12. The standard InChI is InChI=1S/C19H20ClN5O3S/c1-11-13(20)5-4-6-14(11)22-17(26)10-29-19-24-23-18(25(19)21)12-7-8-15(27-2)16(9-12)28-3/h4-9H,10,21H2,1-3H3,(H,22,26). The van der Waals surface area contributed by atoms with Gasteiger partial charge in [0, 0.05) is 16.3 Å². The molecule has 1 amide bonds. The molecule has 3 N–H and O–H groups in total. The summed E-state index contributed by atoms with van der Waals surface area (Å²) < 4.78 is 11.9. The Hall–Kier alpha value is -2.91. The average molecular weight is 434 g/mol. The van der Waals surface area contributed by atoms with E-state index in [-0.39, 0.29) is 11.7 Å². The number of nitrogens with zero attached hydrogens (tertiary/aromatic N) is 3. The number of methoxy groups -OCH3 is 2. The first-order valence-electron chi connectivity index (χ1n) is 8.55. The number of ether oxygens (including phenoxy) is 2. The van der Waals surface area contributed by atoms with Crippen molar-refractivity contribution in [3.8, 4) is 22.9 Å². The number of benzene rings is 2. The molecule has 0 bridgehead atoms. The third-order valence-corrected chi connectivity index (χ3v) is 5.53. The van der Waals surface area contributed by atoms with Gasteiger partial charge in [0.05, 0.1) is 20.0 Å². The molecule has 0 saturated heterocycles. The van der Waals surface area contributed by atoms with Gasteiger partial charge < -0.3 is 20.6 Å². The molecule has 152 valence electrons. The van der Waals surface area contributed by atoms with Crippen LogP contribution in [0.5, 0.6) is 11.5 Å². The molecule has 1 aromatic heterocycles. The average Bonchev–Trinajstić information content (AvgIpc) is 3.09. The number of nitrogens with one attached hydrogen (secondary N) is 1. The molecule has 3 aromatic rings. The number of thioether (sulfide) groups is 1. The maximum atomic E-state index is 12.3. The maximum absolute atomic E-state index is 12.3.